The Balaban J connectivity index is 2.46. The zero-order valence-corrected chi connectivity index (χ0v) is 13.8. The second-order valence-electron chi connectivity index (χ2n) is 4.33. The molecule has 0 radical (unpaired) electrons. The van der Waals surface area contributed by atoms with Crippen LogP contribution in [0, 0.1) is 0 Å². The van der Waals surface area contributed by atoms with E-state index in [9.17, 15) is 8.42 Å². The van der Waals surface area contributed by atoms with Crippen LogP contribution in [0.3, 0.4) is 0 Å². The van der Waals surface area contributed by atoms with Crippen LogP contribution in [0.2, 0.25) is 0 Å². The van der Waals surface area contributed by atoms with Crippen LogP contribution < -0.4 is 8.92 Å². The Kier molecular flexibility index (Phi) is 4.84. The summed E-state index contributed by atoms with van der Waals surface area (Å²) in [5, 5.41) is 0.349. The fourth-order valence-electron chi connectivity index (χ4n) is 1.74. The van der Waals surface area contributed by atoms with Crippen molar-refractivity contribution in [2.45, 2.75) is 20.3 Å². The third-order valence-corrected chi connectivity index (χ3v) is 4.92. The van der Waals surface area contributed by atoms with E-state index in [0.29, 0.717) is 10.8 Å². The molecule has 1 aromatic heterocycles. The summed E-state index contributed by atoms with van der Waals surface area (Å²) < 4.78 is 38.0. The smallest absolute Gasteiger partial charge is 0.309 e. The predicted molar refractivity (Wildman–Crippen MR) is 83.6 cm³/mol. The zero-order chi connectivity index (χ0) is 15.5. The number of ether oxygens (including phenoxy) is 1. The summed E-state index contributed by atoms with van der Waals surface area (Å²) in [6, 6.07) is 7.77. The lowest BCUT2D eigenvalue weighted by Gasteiger charge is -2.07. The minimum absolute atomic E-state index is 0.111. The molecule has 114 valence electrons. The number of aryl methyl sites for hydroxylation is 1. The number of aromatic nitrogens is 1. The first-order valence-corrected chi connectivity index (χ1v) is 8.91. The molecule has 0 aliphatic heterocycles. The van der Waals surface area contributed by atoms with E-state index in [4.69, 9.17) is 8.92 Å². The van der Waals surface area contributed by atoms with Gasteiger partial charge in [-0.1, -0.05) is 31.2 Å². The number of hydrogen-bond donors (Lipinski definition) is 0. The third kappa shape index (κ3) is 3.54. The molecule has 5 nitrogen and oxygen atoms in total. The Morgan fingerprint density at radius 3 is 2.38 bits per heavy atom. The third-order valence-electron chi connectivity index (χ3n) is 3.01. The van der Waals surface area contributed by atoms with Crippen molar-refractivity contribution in [3.05, 3.63) is 29.8 Å². The average Bonchev–Trinajstić information content (AvgIpc) is 2.89. The summed E-state index contributed by atoms with van der Waals surface area (Å²) in [5.74, 6) is 0.0498. The van der Waals surface area contributed by atoms with Gasteiger partial charge in [0.2, 0.25) is 10.8 Å². The maximum Gasteiger partial charge on any atom is 0.309 e. The van der Waals surface area contributed by atoms with Gasteiger partial charge < -0.3 is 8.92 Å². The molecule has 0 aliphatic rings. The number of rotatable bonds is 6. The molecule has 7 heteroatoms. The van der Waals surface area contributed by atoms with Crippen LogP contribution in [0.4, 0.5) is 0 Å². The molecule has 0 aliphatic carbocycles. The monoisotopic (exact) mass is 327 g/mol. The normalized spacial score (nSPS) is 11.4. The molecule has 0 fully saturated rings. The van der Waals surface area contributed by atoms with Gasteiger partial charge in [-0.05, 0) is 18.9 Å². The van der Waals surface area contributed by atoms with Gasteiger partial charge in [0.05, 0.1) is 12.9 Å². The highest BCUT2D eigenvalue weighted by molar-refractivity contribution is 7.87. The molecule has 1 heterocycles. The van der Waals surface area contributed by atoms with Crippen molar-refractivity contribution >= 4 is 21.7 Å². The summed E-state index contributed by atoms with van der Waals surface area (Å²) in [6.45, 7) is 3.60. The second-order valence-corrected chi connectivity index (χ2v) is 6.93. The van der Waals surface area contributed by atoms with Gasteiger partial charge in [-0.3, -0.25) is 0 Å². The first-order chi connectivity index (χ1) is 10.0. The first-order valence-electron chi connectivity index (χ1n) is 6.55. The van der Waals surface area contributed by atoms with Crippen LogP contribution >= 0.6 is 11.5 Å². The fraction of sp³-hybridized carbons (Fsp3) is 0.357. The lowest BCUT2D eigenvalue weighted by molar-refractivity contribution is 0.403. The van der Waals surface area contributed by atoms with Crippen molar-refractivity contribution in [2.75, 3.05) is 12.9 Å². The maximum absolute atomic E-state index is 11.7. The van der Waals surface area contributed by atoms with E-state index in [2.05, 4.69) is 11.3 Å². The number of benzene rings is 1. The molecule has 0 spiro atoms. The van der Waals surface area contributed by atoms with Crippen molar-refractivity contribution < 1.29 is 17.3 Å². The lowest BCUT2D eigenvalue weighted by Crippen LogP contribution is -2.12. The van der Waals surface area contributed by atoms with E-state index in [1.807, 2.05) is 24.3 Å². The van der Waals surface area contributed by atoms with Crippen LogP contribution in [0.15, 0.2) is 24.3 Å². The second kappa shape index (κ2) is 6.44. The summed E-state index contributed by atoms with van der Waals surface area (Å²) in [6.07, 6.45) is 0.939. The molecular weight excluding hydrogens is 310 g/mol. The fourth-order valence-corrected chi connectivity index (χ4v) is 2.98. The standard InChI is InChI=1S/C14H17NO4S2/c1-4-10-6-8-11(9-7-10)12-13(14(18-3)20-15-12)19-21(16,17)5-2/h6-9H,4-5H2,1-3H3. The zero-order valence-electron chi connectivity index (χ0n) is 12.1. The number of hydrogen-bond acceptors (Lipinski definition) is 6. The lowest BCUT2D eigenvalue weighted by atomic mass is 10.1. The largest absolute Gasteiger partial charge is 0.484 e. The highest BCUT2D eigenvalue weighted by Gasteiger charge is 2.23. The molecule has 21 heavy (non-hydrogen) atoms. The molecule has 2 rings (SSSR count). The molecule has 1 aromatic carbocycles. The van der Waals surface area contributed by atoms with Gasteiger partial charge in [0, 0.05) is 17.1 Å². The van der Waals surface area contributed by atoms with Crippen molar-refractivity contribution in [3.8, 4) is 22.1 Å². The van der Waals surface area contributed by atoms with Gasteiger partial charge in [0.25, 0.3) is 0 Å². The van der Waals surface area contributed by atoms with Crippen LogP contribution in [0.1, 0.15) is 19.4 Å². The molecule has 0 saturated carbocycles. The Morgan fingerprint density at radius 1 is 1.19 bits per heavy atom. The van der Waals surface area contributed by atoms with Crippen molar-refractivity contribution in [3.63, 3.8) is 0 Å². The molecule has 2 aromatic rings. The van der Waals surface area contributed by atoms with Gasteiger partial charge in [0.1, 0.15) is 5.69 Å². The van der Waals surface area contributed by atoms with E-state index >= 15 is 0 Å². The summed E-state index contributed by atoms with van der Waals surface area (Å²) in [7, 11) is -2.17. The Bertz CT molecular complexity index is 705. The van der Waals surface area contributed by atoms with Crippen molar-refractivity contribution in [1.82, 2.24) is 4.37 Å². The first kappa shape index (κ1) is 15.8. The van der Waals surface area contributed by atoms with Crippen molar-refractivity contribution in [1.29, 1.82) is 0 Å². The van der Waals surface area contributed by atoms with Crippen LogP contribution in [0.5, 0.6) is 10.8 Å². The van der Waals surface area contributed by atoms with Gasteiger partial charge in [-0.2, -0.15) is 12.8 Å². The molecule has 0 amide bonds. The van der Waals surface area contributed by atoms with Gasteiger partial charge >= 0.3 is 10.1 Å². The average molecular weight is 327 g/mol. The molecule has 0 bridgehead atoms. The Morgan fingerprint density at radius 2 is 1.86 bits per heavy atom. The Labute approximate surface area is 128 Å². The van der Waals surface area contributed by atoms with E-state index in [1.165, 1.54) is 19.6 Å². The molecule has 0 atom stereocenters. The van der Waals surface area contributed by atoms with E-state index in [0.717, 1.165) is 23.5 Å². The quantitative estimate of drug-likeness (QED) is 0.763. The van der Waals surface area contributed by atoms with Crippen LogP contribution in [-0.2, 0) is 16.5 Å². The number of methoxy groups -OCH3 is 1. The topological polar surface area (TPSA) is 65.5 Å². The highest BCUT2D eigenvalue weighted by atomic mass is 32.2. The SMILES string of the molecule is CCc1ccc(-c2nsc(OC)c2OS(=O)(=O)CC)cc1. The van der Waals surface area contributed by atoms with Gasteiger partial charge in [-0.25, -0.2) is 0 Å². The summed E-state index contributed by atoms with van der Waals surface area (Å²) in [5.41, 5.74) is 2.48. The molecule has 0 unspecified atom stereocenters. The predicted octanol–water partition coefficient (Wildman–Crippen LogP) is 3.11. The summed E-state index contributed by atoms with van der Waals surface area (Å²) >= 11 is 1.07. The van der Waals surface area contributed by atoms with E-state index in [1.54, 1.807) is 0 Å². The van der Waals surface area contributed by atoms with Gasteiger partial charge in [-0.15, -0.1) is 0 Å². The van der Waals surface area contributed by atoms with Crippen molar-refractivity contribution in [2.24, 2.45) is 0 Å². The number of nitrogens with zero attached hydrogens (tertiary/aromatic N) is 1. The van der Waals surface area contributed by atoms with Crippen LogP contribution in [0.25, 0.3) is 11.3 Å². The minimum atomic E-state index is -3.63. The highest BCUT2D eigenvalue weighted by Crippen LogP contribution is 2.42. The van der Waals surface area contributed by atoms with Gasteiger partial charge in [0.15, 0.2) is 0 Å². The molecule has 0 N–H and O–H groups in total. The summed E-state index contributed by atoms with van der Waals surface area (Å²) in [4.78, 5) is 0. The minimum Gasteiger partial charge on any atom is -0.484 e. The Hall–Kier alpha value is -1.60. The maximum atomic E-state index is 11.7. The molecular formula is C14H17NO4S2. The van der Waals surface area contributed by atoms with Crippen LogP contribution in [-0.4, -0.2) is 25.7 Å². The van der Waals surface area contributed by atoms with E-state index < -0.39 is 10.1 Å². The van der Waals surface area contributed by atoms with E-state index in [-0.39, 0.29) is 11.5 Å². The molecule has 0 saturated heterocycles.